The van der Waals surface area contributed by atoms with Crippen molar-refractivity contribution in [3.63, 3.8) is 0 Å². The molecule has 2 unspecified atom stereocenters. The summed E-state index contributed by atoms with van der Waals surface area (Å²) in [6.45, 7) is 8.70. The van der Waals surface area contributed by atoms with Crippen molar-refractivity contribution in [1.29, 1.82) is 0 Å². The van der Waals surface area contributed by atoms with E-state index in [0.29, 0.717) is 25.4 Å². The van der Waals surface area contributed by atoms with Crippen LogP contribution >= 0.6 is 0 Å². The van der Waals surface area contributed by atoms with E-state index in [2.05, 4.69) is 38.2 Å². The summed E-state index contributed by atoms with van der Waals surface area (Å²) in [5, 5.41) is 12.5. The zero-order valence-electron chi connectivity index (χ0n) is 17.8. The lowest BCUT2D eigenvalue weighted by molar-refractivity contribution is -0.145. The van der Waals surface area contributed by atoms with Gasteiger partial charge in [0.05, 0.1) is 12.0 Å². The Kier molecular flexibility index (Phi) is 5.42. The Labute approximate surface area is 173 Å². The largest absolute Gasteiger partial charge is 0.341 e. The molecule has 0 bridgehead atoms. The molecule has 1 aromatic carbocycles. The molecule has 0 aromatic heterocycles. The van der Waals surface area contributed by atoms with Crippen LogP contribution in [0.5, 0.6) is 0 Å². The average molecular weight is 400 g/mol. The molecule has 2 atom stereocenters. The molecule has 1 aliphatic carbocycles. The predicted molar refractivity (Wildman–Crippen MR) is 111 cm³/mol. The highest BCUT2D eigenvalue weighted by Gasteiger charge is 2.52. The van der Waals surface area contributed by atoms with Gasteiger partial charge in [0.2, 0.25) is 11.8 Å². The molecule has 2 heterocycles. The molecule has 2 amide bonds. The molecule has 158 valence electrons. The normalized spacial score (nSPS) is 26.4. The van der Waals surface area contributed by atoms with Gasteiger partial charge >= 0.3 is 0 Å². The standard InChI is InChI=1S/C23H33N3O3/c1-14-10-16(3)18(11-15(14)2)17-4-8-26(9-5-17)22(28)20-19(21(27)25-29)12-23(6-7-23)13-24-20/h10-11,17,19-20,24,29H,4-9,12-13H2,1-3H3,(H,25,27). The van der Waals surface area contributed by atoms with Gasteiger partial charge in [0.15, 0.2) is 0 Å². The van der Waals surface area contributed by atoms with Crippen LogP contribution in [0.25, 0.3) is 0 Å². The first-order chi connectivity index (χ1) is 13.8. The Morgan fingerprint density at radius 2 is 1.76 bits per heavy atom. The number of hydrogen-bond acceptors (Lipinski definition) is 4. The number of carbonyl (C=O) groups is 2. The number of piperidine rings is 2. The molecule has 1 aromatic rings. The summed E-state index contributed by atoms with van der Waals surface area (Å²) in [7, 11) is 0. The van der Waals surface area contributed by atoms with E-state index in [4.69, 9.17) is 5.21 Å². The van der Waals surface area contributed by atoms with E-state index in [0.717, 1.165) is 32.2 Å². The molecule has 6 nitrogen and oxygen atoms in total. The lowest BCUT2D eigenvalue weighted by Crippen LogP contribution is -2.59. The summed E-state index contributed by atoms with van der Waals surface area (Å²) in [6.07, 6.45) is 4.76. The first-order valence-electron chi connectivity index (χ1n) is 10.9. The van der Waals surface area contributed by atoms with Gasteiger partial charge in [-0.2, -0.15) is 0 Å². The second-order valence-electron chi connectivity index (χ2n) is 9.54. The van der Waals surface area contributed by atoms with Crippen LogP contribution in [0, 0.1) is 32.1 Å². The molecule has 1 saturated carbocycles. The number of hydroxylamine groups is 1. The molecule has 29 heavy (non-hydrogen) atoms. The van der Waals surface area contributed by atoms with Crippen molar-refractivity contribution in [1.82, 2.24) is 15.7 Å². The van der Waals surface area contributed by atoms with Crippen LogP contribution in [0.4, 0.5) is 0 Å². The Hall–Kier alpha value is -1.92. The quantitative estimate of drug-likeness (QED) is 0.539. The van der Waals surface area contributed by atoms with Crippen LogP contribution in [0.2, 0.25) is 0 Å². The monoisotopic (exact) mass is 399 g/mol. The summed E-state index contributed by atoms with van der Waals surface area (Å²) in [5.74, 6) is -0.459. The number of nitrogens with zero attached hydrogens (tertiary/aromatic N) is 1. The molecule has 4 rings (SSSR count). The summed E-state index contributed by atoms with van der Waals surface area (Å²) in [4.78, 5) is 27.4. The molecule has 1 spiro atoms. The van der Waals surface area contributed by atoms with Crippen LogP contribution in [0.15, 0.2) is 12.1 Å². The van der Waals surface area contributed by atoms with Crippen molar-refractivity contribution < 1.29 is 14.8 Å². The first kappa shape index (κ1) is 20.4. The van der Waals surface area contributed by atoms with Gasteiger partial charge in [-0.25, -0.2) is 5.48 Å². The van der Waals surface area contributed by atoms with Crippen LogP contribution in [-0.2, 0) is 9.59 Å². The third kappa shape index (κ3) is 3.92. The van der Waals surface area contributed by atoms with E-state index in [9.17, 15) is 9.59 Å². The van der Waals surface area contributed by atoms with E-state index in [-0.39, 0.29) is 11.3 Å². The number of benzene rings is 1. The minimum absolute atomic E-state index is 0.00404. The summed E-state index contributed by atoms with van der Waals surface area (Å²) >= 11 is 0. The highest BCUT2D eigenvalue weighted by atomic mass is 16.5. The van der Waals surface area contributed by atoms with Gasteiger partial charge in [-0.15, -0.1) is 0 Å². The number of hydrogen-bond donors (Lipinski definition) is 3. The van der Waals surface area contributed by atoms with Crippen molar-refractivity contribution in [2.24, 2.45) is 11.3 Å². The van der Waals surface area contributed by atoms with Crippen LogP contribution in [0.3, 0.4) is 0 Å². The van der Waals surface area contributed by atoms with Gasteiger partial charge in [-0.05, 0) is 86.5 Å². The molecule has 6 heteroatoms. The summed E-state index contributed by atoms with van der Waals surface area (Å²) in [5.41, 5.74) is 7.32. The van der Waals surface area contributed by atoms with Crippen LogP contribution < -0.4 is 10.8 Å². The third-order valence-corrected chi connectivity index (χ3v) is 7.55. The van der Waals surface area contributed by atoms with Gasteiger partial charge in [0.1, 0.15) is 0 Å². The highest BCUT2D eigenvalue weighted by Crippen LogP contribution is 2.52. The maximum absolute atomic E-state index is 13.2. The minimum Gasteiger partial charge on any atom is -0.341 e. The van der Waals surface area contributed by atoms with Gasteiger partial charge in [-0.1, -0.05) is 12.1 Å². The molecule has 3 fully saturated rings. The molecular formula is C23H33N3O3. The predicted octanol–water partition coefficient (Wildman–Crippen LogP) is 2.58. The zero-order chi connectivity index (χ0) is 20.8. The number of rotatable bonds is 3. The molecule has 2 aliphatic heterocycles. The van der Waals surface area contributed by atoms with E-state index >= 15 is 0 Å². The van der Waals surface area contributed by atoms with E-state index < -0.39 is 17.9 Å². The maximum atomic E-state index is 13.2. The average Bonchev–Trinajstić information content (AvgIpc) is 3.48. The fraction of sp³-hybridized carbons (Fsp3) is 0.652. The first-order valence-corrected chi connectivity index (χ1v) is 10.9. The van der Waals surface area contributed by atoms with Gasteiger partial charge in [-0.3, -0.25) is 14.8 Å². The van der Waals surface area contributed by atoms with E-state index in [1.807, 2.05) is 4.90 Å². The van der Waals surface area contributed by atoms with Crippen LogP contribution in [0.1, 0.15) is 60.3 Å². The maximum Gasteiger partial charge on any atom is 0.248 e. The lowest BCUT2D eigenvalue weighted by atomic mass is 9.80. The molecule has 0 radical (unpaired) electrons. The van der Waals surface area contributed by atoms with Crippen LogP contribution in [-0.4, -0.2) is 47.6 Å². The number of likely N-dealkylation sites (tertiary alicyclic amines) is 1. The number of aryl methyl sites for hydroxylation is 3. The molecule has 3 N–H and O–H groups in total. The molecule has 3 aliphatic rings. The second-order valence-corrected chi connectivity index (χ2v) is 9.54. The van der Waals surface area contributed by atoms with E-state index in [1.54, 1.807) is 5.48 Å². The van der Waals surface area contributed by atoms with Gasteiger partial charge in [0, 0.05) is 19.6 Å². The fourth-order valence-electron chi connectivity index (χ4n) is 5.30. The summed E-state index contributed by atoms with van der Waals surface area (Å²) < 4.78 is 0. The molecule has 2 saturated heterocycles. The van der Waals surface area contributed by atoms with Gasteiger partial charge in [0.25, 0.3) is 0 Å². The second kappa shape index (κ2) is 7.73. The SMILES string of the molecule is Cc1cc(C)c(C2CCN(C(=O)C3NCC4(CC4)CC3C(=O)NO)CC2)cc1C. The number of carbonyl (C=O) groups excluding carboxylic acids is 2. The summed E-state index contributed by atoms with van der Waals surface area (Å²) in [6, 6.07) is 4.04. The number of amides is 2. The topological polar surface area (TPSA) is 81.7 Å². The molecular weight excluding hydrogens is 366 g/mol. The lowest BCUT2D eigenvalue weighted by Gasteiger charge is -2.40. The Bertz CT molecular complexity index is 810. The Morgan fingerprint density at radius 1 is 1.10 bits per heavy atom. The fourth-order valence-corrected chi connectivity index (χ4v) is 5.30. The van der Waals surface area contributed by atoms with Crippen molar-refractivity contribution in [3.05, 3.63) is 34.4 Å². The highest BCUT2D eigenvalue weighted by molar-refractivity contribution is 5.90. The zero-order valence-corrected chi connectivity index (χ0v) is 17.8. The van der Waals surface area contributed by atoms with Gasteiger partial charge < -0.3 is 10.2 Å². The van der Waals surface area contributed by atoms with Crippen molar-refractivity contribution in [2.75, 3.05) is 19.6 Å². The van der Waals surface area contributed by atoms with Crippen molar-refractivity contribution in [2.45, 2.75) is 64.8 Å². The Morgan fingerprint density at radius 3 is 2.38 bits per heavy atom. The number of nitrogens with one attached hydrogen (secondary N) is 2. The Balaban J connectivity index is 1.42. The smallest absolute Gasteiger partial charge is 0.248 e. The van der Waals surface area contributed by atoms with Crippen molar-refractivity contribution >= 4 is 11.8 Å². The van der Waals surface area contributed by atoms with Crippen molar-refractivity contribution in [3.8, 4) is 0 Å². The van der Waals surface area contributed by atoms with E-state index in [1.165, 1.54) is 22.3 Å². The third-order valence-electron chi connectivity index (χ3n) is 7.55. The minimum atomic E-state index is -0.534.